The molecule has 0 saturated heterocycles. The molecule has 140 valence electrons. The van der Waals surface area contributed by atoms with Crippen LogP contribution in [-0.2, 0) is 4.79 Å². The molecule has 0 aliphatic heterocycles. The molecule has 7 heteroatoms. The minimum Gasteiger partial charge on any atom is -0.344 e. The van der Waals surface area contributed by atoms with E-state index in [0.717, 1.165) is 21.4 Å². The second kappa shape index (κ2) is 7.86. The number of carbonyl (C=O) groups is 1. The van der Waals surface area contributed by atoms with E-state index in [4.69, 9.17) is 0 Å². The lowest BCUT2D eigenvalue weighted by Gasteiger charge is -2.18. The molecule has 0 unspecified atom stereocenters. The average Bonchev–Trinajstić information content (AvgIpc) is 3.21. The molecule has 1 aliphatic carbocycles. The largest absolute Gasteiger partial charge is 0.344 e. The molecule has 2 aromatic heterocycles. The second-order valence-electron chi connectivity index (χ2n) is 6.85. The van der Waals surface area contributed by atoms with E-state index in [1.807, 2.05) is 18.4 Å². The summed E-state index contributed by atoms with van der Waals surface area (Å²) in [6.45, 7) is 4.04. The Hall–Kier alpha value is -2.12. The molecule has 27 heavy (non-hydrogen) atoms. The van der Waals surface area contributed by atoms with E-state index in [1.54, 1.807) is 11.3 Å². The van der Waals surface area contributed by atoms with Crippen LogP contribution < -0.4 is 5.32 Å². The van der Waals surface area contributed by atoms with Crippen molar-refractivity contribution >= 4 is 29.0 Å². The van der Waals surface area contributed by atoms with Gasteiger partial charge in [0.25, 0.3) is 0 Å². The average molecular weight is 399 g/mol. The van der Waals surface area contributed by atoms with Crippen molar-refractivity contribution in [2.24, 2.45) is 0 Å². The lowest BCUT2D eigenvalue weighted by molar-refractivity contribution is -0.119. The predicted octanol–water partition coefficient (Wildman–Crippen LogP) is 4.29. The first kappa shape index (κ1) is 18.3. The predicted molar refractivity (Wildman–Crippen MR) is 109 cm³/mol. The quantitative estimate of drug-likeness (QED) is 0.603. The van der Waals surface area contributed by atoms with Crippen molar-refractivity contribution in [3.05, 3.63) is 63.6 Å². The minimum absolute atomic E-state index is 0.00183. The molecule has 1 fully saturated rings. The number of amides is 1. The van der Waals surface area contributed by atoms with Crippen molar-refractivity contribution in [1.29, 1.82) is 0 Å². The van der Waals surface area contributed by atoms with E-state index in [-0.39, 0.29) is 11.9 Å². The first-order valence-electron chi connectivity index (χ1n) is 9.05. The van der Waals surface area contributed by atoms with E-state index in [2.05, 4.69) is 57.3 Å². The van der Waals surface area contributed by atoms with Crippen molar-refractivity contribution in [2.75, 3.05) is 5.75 Å². The Kier molecular flexibility index (Phi) is 5.31. The number of nitrogens with zero attached hydrogens (tertiary/aromatic N) is 3. The zero-order valence-electron chi connectivity index (χ0n) is 15.4. The molecule has 0 radical (unpaired) electrons. The molecular weight excluding hydrogens is 376 g/mol. The number of aromatic nitrogens is 3. The highest BCUT2D eigenvalue weighted by Crippen LogP contribution is 2.38. The minimum atomic E-state index is -0.123. The van der Waals surface area contributed by atoms with Crippen LogP contribution in [0.1, 0.15) is 46.8 Å². The maximum atomic E-state index is 12.7. The van der Waals surface area contributed by atoms with E-state index in [9.17, 15) is 4.79 Å². The number of thioether (sulfide) groups is 1. The zero-order chi connectivity index (χ0) is 18.8. The maximum absolute atomic E-state index is 12.7. The van der Waals surface area contributed by atoms with Crippen molar-refractivity contribution in [1.82, 2.24) is 20.1 Å². The highest BCUT2D eigenvalue weighted by atomic mass is 32.2. The fraction of sp³-hybridized carbons (Fsp3) is 0.350. The van der Waals surface area contributed by atoms with Crippen LogP contribution in [0.2, 0.25) is 0 Å². The van der Waals surface area contributed by atoms with Crippen molar-refractivity contribution < 1.29 is 4.79 Å². The molecule has 4 rings (SSSR count). The fourth-order valence-corrected chi connectivity index (χ4v) is 4.73. The molecule has 0 spiro atoms. The number of carbonyl (C=O) groups excluding carboxylic acids is 1. The van der Waals surface area contributed by atoms with Crippen LogP contribution >= 0.6 is 23.1 Å². The molecule has 1 aliphatic rings. The van der Waals surface area contributed by atoms with E-state index in [0.29, 0.717) is 11.8 Å². The Bertz CT molecular complexity index is 914. The van der Waals surface area contributed by atoms with Gasteiger partial charge in [0, 0.05) is 10.9 Å². The van der Waals surface area contributed by atoms with Gasteiger partial charge in [0.15, 0.2) is 5.16 Å². The first-order chi connectivity index (χ1) is 13.1. The Morgan fingerprint density at radius 3 is 2.70 bits per heavy atom. The third-order valence-electron chi connectivity index (χ3n) is 4.62. The molecule has 1 aromatic carbocycles. The van der Waals surface area contributed by atoms with Gasteiger partial charge in [-0.05, 0) is 43.7 Å². The van der Waals surface area contributed by atoms with E-state index in [1.165, 1.54) is 30.2 Å². The molecule has 2 heterocycles. The molecule has 1 atom stereocenters. The normalized spacial score (nSPS) is 14.9. The number of rotatable bonds is 7. The van der Waals surface area contributed by atoms with Crippen LogP contribution in [0.4, 0.5) is 0 Å². The Labute approximate surface area is 167 Å². The van der Waals surface area contributed by atoms with Gasteiger partial charge in [0.1, 0.15) is 5.82 Å². The summed E-state index contributed by atoms with van der Waals surface area (Å²) in [7, 11) is 0. The van der Waals surface area contributed by atoms with Crippen LogP contribution in [-0.4, -0.2) is 26.4 Å². The molecule has 1 saturated carbocycles. The second-order valence-corrected chi connectivity index (χ2v) is 8.77. The molecule has 0 bridgehead atoms. The number of aryl methyl sites for hydroxylation is 2. The lowest BCUT2D eigenvalue weighted by Crippen LogP contribution is -2.30. The Morgan fingerprint density at radius 2 is 2.04 bits per heavy atom. The zero-order valence-corrected chi connectivity index (χ0v) is 17.0. The standard InChI is InChI=1S/C20H22N4OS2/c1-13-5-7-15(8-6-13)19(17-4-3-11-26-17)21-18(25)12-27-20-23-22-14(2)24(20)16-9-10-16/h3-8,11,16,19H,9-10,12H2,1-2H3,(H,21,25)/t19-/m0/s1. The third kappa shape index (κ3) is 4.25. The van der Waals surface area contributed by atoms with Crippen LogP contribution in [0, 0.1) is 13.8 Å². The number of hydrogen-bond donors (Lipinski definition) is 1. The number of nitrogens with one attached hydrogen (secondary N) is 1. The van der Waals surface area contributed by atoms with Gasteiger partial charge in [-0.3, -0.25) is 4.79 Å². The molecule has 3 aromatic rings. The number of benzene rings is 1. The van der Waals surface area contributed by atoms with Gasteiger partial charge in [0.05, 0.1) is 11.8 Å². The van der Waals surface area contributed by atoms with E-state index >= 15 is 0 Å². The van der Waals surface area contributed by atoms with Gasteiger partial charge < -0.3 is 9.88 Å². The topological polar surface area (TPSA) is 59.8 Å². The summed E-state index contributed by atoms with van der Waals surface area (Å²) in [6.07, 6.45) is 2.35. The molecular formula is C20H22N4OS2. The van der Waals surface area contributed by atoms with E-state index < -0.39 is 0 Å². The lowest BCUT2D eigenvalue weighted by atomic mass is 10.0. The fourth-order valence-electron chi connectivity index (χ4n) is 3.07. The Balaban J connectivity index is 1.45. The molecule has 5 nitrogen and oxygen atoms in total. The van der Waals surface area contributed by atoms with Gasteiger partial charge in [-0.2, -0.15) is 0 Å². The summed E-state index contributed by atoms with van der Waals surface area (Å²) in [5, 5.41) is 14.5. The smallest absolute Gasteiger partial charge is 0.231 e. The van der Waals surface area contributed by atoms with Gasteiger partial charge >= 0.3 is 0 Å². The number of thiophene rings is 1. The maximum Gasteiger partial charge on any atom is 0.231 e. The van der Waals surface area contributed by atoms with Gasteiger partial charge in [-0.15, -0.1) is 21.5 Å². The highest BCUT2D eigenvalue weighted by Gasteiger charge is 2.28. The SMILES string of the molecule is Cc1ccc([C@H](NC(=O)CSc2nnc(C)n2C2CC2)c2cccs2)cc1. The van der Waals surface area contributed by atoms with Gasteiger partial charge in [-0.25, -0.2) is 0 Å². The molecule has 1 N–H and O–H groups in total. The van der Waals surface area contributed by atoms with Crippen LogP contribution in [0.3, 0.4) is 0 Å². The monoisotopic (exact) mass is 398 g/mol. The summed E-state index contributed by atoms with van der Waals surface area (Å²) in [6, 6.07) is 12.8. The van der Waals surface area contributed by atoms with Gasteiger partial charge in [0.2, 0.25) is 5.91 Å². The van der Waals surface area contributed by atoms with Crippen LogP contribution in [0.25, 0.3) is 0 Å². The summed E-state index contributed by atoms with van der Waals surface area (Å²) in [5.74, 6) is 1.26. The molecule has 1 amide bonds. The summed E-state index contributed by atoms with van der Waals surface area (Å²) < 4.78 is 2.16. The summed E-state index contributed by atoms with van der Waals surface area (Å²) in [4.78, 5) is 13.8. The van der Waals surface area contributed by atoms with Crippen molar-refractivity contribution in [2.45, 2.75) is 43.9 Å². The highest BCUT2D eigenvalue weighted by molar-refractivity contribution is 7.99. The summed E-state index contributed by atoms with van der Waals surface area (Å²) >= 11 is 3.12. The van der Waals surface area contributed by atoms with Crippen molar-refractivity contribution in [3.63, 3.8) is 0 Å². The third-order valence-corrected chi connectivity index (χ3v) is 6.50. The van der Waals surface area contributed by atoms with Crippen LogP contribution in [0.5, 0.6) is 0 Å². The van der Waals surface area contributed by atoms with Gasteiger partial charge in [-0.1, -0.05) is 47.7 Å². The Morgan fingerprint density at radius 1 is 1.26 bits per heavy atom. The number of hydrogen-bond acceptors (Lipinski definition) is 5. The van der Waals surface area contributed by atoms with Crippen LogP contribution in [0.15, 0.2) is 46.9 Å². The summed E-state index contributed by atoms with van der Waals surface area (Å²) in [5.41, 5.74) is 2.30. The first-order valence-corrected chi connectivity index (χ1v) is 10.9. The van der Waals surface area contributed by atoms with Crippen molar-refractivity contribution in [3.8, 4) is 0 Å².